The van der Waals surface area contributed by atoms with Gasteiger partial charge in [-0.1, -0.05) is 0 Å². The van der Waals surface area contributed by atoms with E-state index in [-0.39, 0.29) is 18.0 Å². The van der Waals surface area contributed by atoms with Crippen molar-refractivity contribution < 1.29 is 4.79 Å². The Morgan fingerprint density at radius 2 is 2.16 bits per heavy atom. The molecule has 0 aromatic carbocycles. The molecule has 1 aromatic rings. The lowest BCUT2D eigenvalue weighted by Gasteiger charge is -2.34. The number of nitrogens with zero attached hydrogens (tertiary/aromatic N) is 2. The Hall–Kier alpha value is -1.42. The number of hydrogen-bond donors (Lipinski definition) is 1. The number of aryl methyl sites for hydroxylation is 1. The van der Waals surface area contributed by atoms with E-state index in [1.54, 1.807) is 6.20 Å². The number of carbonyl (C=O) groups excluding carboxylic acids is 1. The molecule has 3 rings (SSSR count). The minimum atomic E-state index is 0.0104. The summed E-state index contributed by atoms with van der Waals surface area (Å²) in [5, 5.41) is 0. The van der Waals surface area contributed by atoms with Gasteiger partial charge in [0.15, 0.2) is 0 Å². The van der Waals surface area contributed by atoms with Crippen molar-refractivity contribution in [1.82, 2.24) is 9.88 Å². The summed E-state index contributed by atoms with van der Waals surface area (Å²) in [6, 6.07) is 2.44. The maximum Gasteiger partial charge on any atom is 0.223 e. The number of rotatable bonds is 2. The fourth-order valence-electron chi connectivity index (χ4n) is 3.09. The zero-order valence-corrected chi connectivity index (χ0v) is 11.4. The summed E-state index contributed by atoms with van der Waals surface area (Å²) < 4.78 is 0. The second-order valence-electron chi connectivity index (χ2n) is 5.77. The van der Waals surface area contributed by atoms with Crippen molar-refractivity contribution in [3.8, 4) is 0 Å². The molecule has 1 saturated heterocycles. The van der Waals surface area contributed by atoms with Gasteiger partial charge in [-0.15, -0.1) is 0 Å². The summed E-state index contributed by atoms with van der Waals surface area (Å²) in [6.07, 6.45) is 8.37. The van der Waals surface area contributed by atoms with Crippen molar-refractivity contribution in [3.63, 3.8) is 0 Å². The van der Waals surface area contributed by atoms with Crippen LogP contribution in [0, 0.1) is 6.92 Å². The third-order valence-corrected chi connectivity index (χ3v) is 4.26. The Balaban J connectivity index is 2.02. The molecule has 2 aliphatic rings. The maximum absolute atomic E-state index is 12.4. The standard InChI is InChI=1S/C15H21N3O/c1-10-7-8-17-9-12(10)15-13(16)3-2-4-14(19)18(15)11-5-6-11/h7-9,11,13,15H,2-6,16H2,1H3. The molecule has 2 heterocycles. The zero-order chi connectivity index (χ0) is 13.4. The Morgan fingerprint density at radius 1 is 1.37 bits per heavy atom. The fourth-order valence-corrected chi connectivity index (χ4v) is 3.09. The fraction of sp³-hybridized carbons (Fsp3) is 0.600. The van der Waals surface area contributed by atoms with Gasteiger partial charge in [0.25, 0.3) is 0 Å². The van der Waals surface area contributed by atoms with Crippen LogP contribution in [-0.4, -0.2) is 27.9 Å². The first-order valence-corrected chi connectivity index (χ1v) is 7.15. The van der Waals surface area contributed by atoms with Crippen molar-refractivity contribution in [2.75, 3.05) is 0 Å². The lowest BCUT2D eigenvalue weighted by atomic mass is 9.94. The number of amides is 1. The number of hydrogen-bond acceptors (Lipinski definition) is 3. The van der Waals surface area contributed by atoms with E-state index in [1.165, 1.54) is 5.56 Å². The minimum Gasteiger partial charge on any atom is -0.331 e. The maximum atomic E-state index is 12.4. The summed E-state index contributed by atoms with van der Waals surface area (Å²) in [7, 11) is 0. The van der Waals surface area contributed by atoms with Gasteiger partial charge in [0.05, 0.1) is 6.04 Å². The predicted octanol–water partition coefficient (Wildman–Crippen LogP) is 1.93. The molecular formula is C15H21N3O. The topological polar surface area (TPSA) is 59.2 Å². The van der Waals surface area contributed by atoms with Gasteiger partial charge in [0, 0.05) is 30.9 Å². The first kappa shape index (κ1) is 12.6. The van der Waals surface area contributed by atoms with Crippen LogP contribution in [0.2, 0.25) is 0 Å². The molecule has 0 radical (unpaired) electrons. The molecule has 4 heteroatoms. The highest BCUT2D eigenvalue weighted by molar-refractivity contribution is 5.78. The number of pyridine rings is 1. The summed E-state index contributed by atoms with van der Waals surface area (Å²) in [6.45, 7) is 2.07. The first-order valence-electron chi connectivity index (χ1n) is 7.15. The molecular weight excluding hydrogens is 238 g/mol. The average molecular weight is 259 g/mol. The van der Waals surface area contributed by atoms with E-state index in [2.05, 4.69) is 16.8 Å². The van der Waals surface area contributed by atoms with Crippen molar-refractivity contribution in [3.05, 3.63) is 29.6 Å². The summed E-state index contributed by atoms with van der Waals surface area (Å²) in [4.78, 5) is 18.7. The second-order valence-corrected chi connectivity index (χ2v) is 5.77. The molecule has 1 aromatic heterocycles. The van der Waals surface area contributed by atoms with Crippen LogP contribution in [0.15, 0.2) is 18.5 Å². The Kier molecular flexibility index (Phi) is 3.27. The average Bonchev–Trinajstić information content (AvgIpc) is 3.20. The van der Waals surface area contributed by atoms with E-state index in [9.17, 15) is 4.79 Å². The summed E-state index contributed by atoms with van der Waals surface area (Å²) >= 11 is 0. The molecule has 2 fully saturated rings. The quantitative estimate of drug-likeness (QED) is 0.883. The van der Waals surface area contributed by atoms with Gasteiger partial charge in [-0.2, -0.15) is 0 Å². The molecule has 4 nitrogen and oxygen atoms in total. The Bertz CT molecular complexity index is 484. The van der Waals surface area contributed by atoms with E-state index in [1.807, 2.05) is 12.3 Å². The molecule has 1 aliphatic heterocycles. The van der Waals surface area contributed by atoms with E-state index < -0.39 is 0 Å². The van der Waals surface area contributed by atoms with Gasteiger partial charge < -0.3 is 10.6 Å². The molecule has 102 valence electrons. The highest BCUT2D eigenvalue weighted by Crippen LogP contribution is 2.39. The Morgan fingerprint density at radius 3 is 2.84 bits per heavy atom. The molecule has 2 N–H and O–H groups in total. The third-order valence-electron chi connectivity index (χ3n) is 4.26. The van der Waals surface area contributed by atoms with E-state index in [0.717, 1.165) is 31.2 Å². The van der Waals surface area contributed by atoms with Crippen LogP contribution in [-0.2, 0) is 4.79 Å². The predicted molar refractivity (Wildman–Crippen MR) is 73.4 cm³/mol. The largest absolute Gasteiger partial charge is 0.331 e. The van der Waals surface area contributed by atoms with Gasteiger partial charge in [0.1, 0.15) is 0 Å². The first-order chi connectivity index (χ1) is 9.18. The Labute approximate surface area is 114 Å². The normalized spacial score (nSPS) is 28.3. The van der Waals surface area contributed by atoms with Crippen LogP contribution in [0.4, 0.5) is 0 Å². The SMILES string of the molecule is Cc1ccncc1C1C(N)CCCC(=O)N1C1CC1. The summed E-state index contributed by atoms with van der Waals surface area (Å²) in [5.41, 5.74) is 8.68. The molecule has 1 amide bonds. The lowest BCUT2D eigenvalue weighted by molar-refractivity contribution is -0.133. The zero-order valence-electron chi connectivity index (χ0n) is 11.4. The van der Waals surface area contributed by atoms with Gasteiger partial charge in [-0.25, -0.2) is 0 Å². The van der Waals surface area contributed by atoms with Crippen molar-refractivity contribution in [2.24, 2.45) is 5.73 Å². The molecule has 0 bridgehead atoms. The van der Waals surface area contributed by atoms with E-state index >= 15 is 0 Å². The number of carbonyl (C=O) groups is 1. The van der Waals surface area contributed by atoms with Gasteiger partial charge in [-0.3, -0.25) is 9.78 Å². The van der Waals surface area contributed by atoms with Crippen LogP contribution in [0.3, 0.4) is 0 Å². The van der Waals surface area contributed by atoms with Gasteiger partial charge in [-0.05, 0) is 49.8 Å². The van der Waals surface area contributed by atoms with Crippen LogP contribution < -0.4 is 5.73 Å². The van der Waals surface area contributed by atoms with Crippen LogP contribution in [0.1, 0.15) is 49.3 Å². The molecule has 2 atom stereocenters. The minimum absolute atomic E-state index is 0.0104. The monoisotopic (exact) mass is 259 g/mol. The number of likely N-dealkylation sites (tertiary alicyclic amines) is 1. The smallest absolute Gasteiger partial charge is 0.223 e. The van der Waals surface area contributed by atoms with Crippen molar-refractivity contribution in [2.45, 2.75) is 57.2 Å². The molecule has 1 aliphatic carbocycles. The second kappa shape index (κ2) is 4.93. The van der Waals surface area contributed by atoms with Crippen LogP contribution >= 0.6 is 0 Å². The number of aromatic nitrogens is 1. The molecule has 0 spiro atoms. The van der Waals surface area contributed by atoms with Gasteiger partial charge >= 0.3 is 0 Å². The summed E-state index contributed by atoms with van der Waals surface area (Å²) in [5.74, 6) is 0.267. The third kappa shape index (κ3) is 2.37. The van der Waals surface area contributed by atoms with Gasteiger partial charge in [0.2, 0.25) is 5.91 Å². The van der Waals surface area contributed by atoms with Crippen LogP contribution in [0.25, 0.3) is 0 Å². The lowest BCUT2D eigenvalue weighted by Crippen LogP contribution is -2.43. The van der Waals surface area contributed by atoms with E-state index in [4.69, 9.17) is 5.73 Å². The number of nitrogens with two attached hydrogens (primary N) is 1. The molecule has 2 unspecified atom stereocenters. The van der Waals surface area contributed by atoms with Crippen molar-refractivity contribution >= 4 is 5.91 Å². The van der Waals surface area contributed by atoms with Crippen molar-refractivity contribution in [1.29, 1.82) is 0 Å². The van der Waals surface area contributed by atoms with Crippen LogP contribution in [0.5, 0.6) is 0 Å². The highest BCUT2D eigenvalue weighted by Gasteiger charge is 2.42. The highest BCUT2D eigenvalue weighted by atomic mass is 16.2. The van der Waals surface area contributed by atoms with E-state index in [0.29, 0.717) is 12.5 Å². The molecule has 19 heavy (non-hydrogen) atoms. The molecule has 1 saturated carbocycles.